The van der Waals surface area contributed by atoms with Crippen LogP contribution in [0.15, 0.2) is 132 Å². The summed E-state index contributed by atoms with van der Waals surface area (Å²) in [6.07, 6.45) is 3.91. The molecule has 0 saturated carbocycles. The maximum atomic E-state index is 6.43. The van der Waals surface area contributed by atoms with Crippen LogP contribution in [0.25, 0.3) is 66.7 Å². The van der Waals surface area contributed by atoms with Crippen molar-refractivity contribution in [2.24, 2.45) is 0 Å². The summed E-state index contributed by atoms with van der Waals surface area (Å²) in [4.78, 5) is 9.27. The van der Waals surface area contributed by atoms with Gasteiger partial charge in [0.2, 0.25) is 0 Å². The molecule has 5 heteroatoms. The second-order valence-electron chi connectivity index (χ2n) is 15.4. The van der Waals surface area contributed by atoms with Gasteiger partial charge in [0.1, 0.15) is 5.58 Å². The molecule has 54 heavy (non-hydrogen) atoms. The van der Waals surface area contributed by atoms with Gasteiger partial charge in [0.25, 0.3) is 0 Å². The van der Waals surface area contributed by atoms with Gasteiger partial charge < -0.3 is 14.4 Å². The van der Waals surface area contributed by atoms with Crippen LogP contribution in [-0.4, -0.2) is 18.0 Å². The predicted octanol–water partition coefficient (Wildman–Crippen LogP) is 12.9. The molecule has 0 aliphatic heterocycles. The summed E-state index contributed by atoms with van der Waals surface area (Å²) in [5.74, 6) is 0.445. The molecule has 5 aromatic carbocycles. The zero-order valence-electron chi connectivity index (χ0n) is 32.3. The molecule has 0 saturated heterocycles. The van der Waals surface area contributed by atoms with Crippen molar-refractivity contribution in [3.8, 4) is 44.8 Å². The molecule has 0 unspecified atom stereocenters. The summed E-state index contributed by atoms with van der Waals surface area (Å²) in [5.41, 5.74) is 15.6. The van der Waals surface area contributed by atoms with Crippen LogP contribution in [0.1, 0.15) is 42.0 Å². The molecule has 8 rings (SSSR count). The van der Waals surface area contributed by atoms with Crippen molar-refractivity contribution in [2.75, 3.05) is 0 Å². The average Bonchev–Trinajstić information content (AvgIpc) is 3.53. The van der Waals surface area contributed by atoms with Crippen molar-refractivity contribution in [3.63, 3.8) is 0 Å². The van der Waals surface area contributed by atoms with E-state index in [1.54, 1.807) is 0 Å². The van der Waals surface area contributed by atoms with Crippen LogP contribution in [0.4, 0.5) is 0 Å². The van der Waals surface area contributed by atoms with Crippen LogP contribution < -0.4 is 5.19 Å². The first kappa shape index (κ1) is 38.8. The number of hydrogen-bond donors (Lipinski definition) is 0. The number of aromatic nitrogens is 2. The van der Waals surface area contributed by atoms with Gasteiger partial charge in [-0.2, -0.15) is 0 Å². The topological polar surface area (TPSA) is 38.9 Å². The second kappa shape index (κ2) is 16.2. The number of pyridine rings is 2. The number of furan rings is 1. The second-order valence-corrected chi connectivity index (χ2v) is 20.4. The number of hydrogen-bond acceptors (Lipinski definition) is 3. The Morgan fingerprint density at radius 3 is 2.07 bits per heavy atom. The number of nitrogens with zero attached hydrogens (tertiary/aromatic N) is 2. The zero-order chi connectivity index (χ0) is 37.3. The van der Waals surface area contributed by atoms with Crippen LogP contribution in [0, 0.1) is 32.9 Å². The van der Waals surface area contributed by atoms with Crippen molar-refractivity contribution >= 4 is 35.2 Å². The molecule has 0 amide bonds. The molecule has 0 N–H and O–H groups in total. The van der Waals surface area contributed by atoms with E-state index < -0.39 is 8.07 Å². The quantitative estimate of drug-likeness (QED) is 0.123. The molecule has 3 nitrogen and oxygen atoms in total. The first-order valence-electron chi connectivity index (χ1n) is 18.4. The largest absolute Gasteiger partial charge is 0.501 e. The van der Waals surface area contributed by atoms with Gasteiger partial charge in [0, 0.05) is 37.9 Å². The maximum absolute atomic E-state index is 6.43. The Labute approximate surface area is 334 Å². The van der Waals surface area contributed by atoms with Crippen LogP contribution in [0.3, 0.4) is 0 Å². The number of rotatable bonds is 6. The van der Waals surface area contributed by atoms with Crippen LogP contribution in [-0.2, 0) is 20.1 Å². The summed E-state index contributed by atoms with van der Waals surface area (Å²) in [5, 5.41) is 3.61. The minimum atomic E-state index is -1.29. The fraction of sp³-hybridized carbons (Fsp3) is 0.184. The fourth-order valence-electron chi connectivity index (χ4n) is 7.09. The van der Waals surface area contributed by atoms with Crippen molar-refractivity contribution in [1.82, 2.24) is 9.97 Å². The Bertz CT molecular complexity index is 2520. The Morgan fingerprint density at radius 2 is 1.39 bits per heavy atom. The Kier molecular flexibility index (Phi) is 11.6. The van der Waals surface area contributed by atoms with E-state index in [4.69, 9.17) is 4.42 Å². The van der Waals surface area contributed by atoms with Gasteiger partial charge in [0.15, 0.2) is 0 Å². The molecule has 0 bridgehead atoms. The number of fused-ring (bicyclic) bond motifs is 3. The van der Waals surface area contributed by atoms with Crippen molar-refractivity contribution in [1.29, 1.82) is 0 Å². The molecule has 0 spiro atoms. The predicted molar refractivity (Wildman–Crippen MR) is 226 cm³/mol. The molecule has 0 fully saturated rings. The fourth-order valence-corrected chi connectivity index (χ4v) is 8.12. The van der Waals surface area contributed by atoms with Gasteiger partial charge in [-0.3, -0.25) is 0 Å². The smallest absolute Gasteiger partial charge is 0.121 e. The van der Waals surface area contributed by atoms with Crippen LogP contribution >= 0.6 is 0 Å². The SMILES string of the molecule is C[Si](C)(C)c1ccc(-c2[c-]ccc(-c3ccccc3)c2)nc1.Cc1cc(C)c(-c2ccc3c(c2)oc2c(-c4cc(C(C)C)ccn4)[c-]ccc23)c(C)c1.[Ir]. The molecule has 3 heterocycles. The molecular formula is C49H46IrN2OSi-2. The summed E-state index contributed by atoms with van der Waals surface area (Å²) in [6, 6.07) is 47.0. The van der Waals surface area contributed by atoms with Gasteiger partial charge in [-0.1, -0.05) is 128 Å². The van der Waals surface area contributed by atoms with E-state index in [2.05, 4.69) is 173 Å². The van der Waals surface area contributed by atoms with Gasteiger partial charge in [-0.15, -0.1) is 53.6 Å². The molecule has 8 aromatic rings. The molecule has 3 aromatic heterocycles. The third-order valence-electron chi connectivity index (χ3n) is 9.92. The molecule has 0 aliphatic carbocycles. The third-order valence-corrected chi connectivity index (χ3v) is 11.9. The van der Waals surface area contributed by atoms with E-state index in [9.17, 15) is 0 Å². The van der Waals surface area contributed by atoms with Crippen molar-refractivity contribution in [3.05, 3.63) is 162 Å². The van der Waals surface area contributed by atoms with Gasteiger partial charge >= 0.3 is 0 Å². The summed E-state index contributed by atoms with van der Waals surface area (Å²) in [7, 11) is -1.29. The van der Waals surface area contributed by atoms with Crippen LogP contribution in [0.5, 0.6) is 0 Å². The minimum Gasteiger partial charge on any atom is -0.501 e. The molecular weight excluding hydrogens is 853 g/mol. The van der Waals surface area contributed by atoms with Gasteiger partial charge in [-0.25, -0.2) is 0 Å². The summed E-state index contributed by atoms with van der Waals surface area (Å²) < 4.78 is 6.43. The van der Waals surface area contributed by atoms with Crippen molar-refractivity contribution < 1.29 is 24.5 Å². The molecule has 1 radical (unpaired) electrons. The molecule has 0 aliphatic rings. The Balaban J connectivity index is 0.000000191. The van der Waals surface area contributed by atoms with Gasteiger partial charge in [0.05, 0.1) is 13.7 Å². The van der Waals surface area contributed by atoms with Crippen molar-refractivity contribution in [2.45, 2.75) is 60.2 Å². The molecule has 0 atom stereocenters. The summed E-state index contributed by atoms with van der Waals surface area (Å²) >= 11 is 0. The monoisotopic (exact) mass is 899 g/mol. The third kappa shape index (κ3) is 8.24. The van der Waals surface area contributed by atoms with E-state index >= 15 is 0 Å². The Morgan fingerprint density at radius 1 is 0.648 bits per heavy atom. The van der Waals surface area contributed by atoms with E-state index in [1.165, 1.54) is 49.7 Å². The zero-order valence-corrected chi connectivity index (χ0v) is 35.7. The maximum Gasteiger partial charge on any atom is 0.121 e. The van der Waals surface area contributed by atoms with E-state index in [0.29, 0.717) is 5.92 Å². The van der Waals surface area contributed by atoms with Crippen LogP contribution in [0.2, 0.25) is 19.6 Å². The van der Waals surface area contributed by atoms with E-state index in [0.717, 1.165) is 44.5 Å². The average molecular weight is 899 g/mol. The number of aryl methyl sites for hydroxylation is 3. The summed E-state index contributed by atoms with van der Waals surface area (Å²) in [6.45, 7) is 17.9. The molecule has 273 valence electrons. The van der Waals surface area contributed by atoms with E-state index in [-0.39, 0.29) is 20.1 Å². The first-order chi connectivity index (χ1) is 25.5. The Hall–Kier alpha value is -4.93. The van der Waals surface area contributed by atoms with Gasteiger partial charge in [-0.05, 0) is 83.2 Å². The van der Waals surface area contributed by atoms with E-state index in [1.807, 2.05) is 30.6 Å². The normalized spacial score (nSPS) is 11.4. The standard InChI is InChI=1S/C29H26NO.C20H20NSi.Ir/c1-17(2)21-11-12-30-26(15-21)25-8-6-7-24-23-10-9-22(16-27(23)31-29(24)25)28-19(4)13-18(3)14-20(28)5;1-22(2,3)19-12-13-20(21-15-19)18-11-7-10-17(14-18)16-8-5-4-6-9-16;/h6-7,9-17H,1-5H3;4-10,12-15H,1-3H3;/q2*-1;. The number of benzene rings is 5. The minimum absolute atomic E-state index is 0. The first-order valence-corrected chi connectivity index (χ1v) is 21.9.